The maximum absolute atomic E-state index is 3.32. The van der Waals surface area contributed by atoms with Crippen LogP contribution in [0.1, 0.15) is 51.9 Å². The molecule has 0 aromatic carbocycles. The van der Waals surface area contributed by atoms with E-state index in [4.69, 9.17) is 0 Å². The van der Waals surface area contributed by atoms with Crippen molar-refractivity contribution in [2.75, 3.05) is 13.1 Å². The summed E-state index contributed by atoms with van der Waals surface area (Å²) in [6, 6.07) is 0. The average Bonchev–Trinajstić information content (AvgIpc) is 2.62. The fourth-order valence-electron chi connectivity index (χ4n) is 1.85. The third-order valence-electron chi connectivity index (χ3n) is 2.88. The predicted molar refractivity (Wildman–Crippen MR) is 54.4 cm³/mol. The molecule has 0 spiro atoms. The number of hydrogen-bond donors (Lipinski definition) is 1. The summed E-state index contributed by atoms with van der Waals surface area (Å²) < 4.78 is 0. The Labute approximate surface area is 76.9 Å². The minimum atomic E-state index is 0.973. The zero-order valence-electron chi connectivity index (χ0n) is 8.44. The second kappa shape index (κ2) is 6.47. The van der Waals surface area contributed by atoms with Crippen LogP contribution in [-0.4, -0.2) is 13.1 Å². The highest BCUT2D eigenvalue weighted by molar-refractivity contribution is 4.62. The molecule has 1 saturated carbocycles. The van der Waals surface area contributed by atoms with Crippen molar-refractivity contribution in [3.8, 4) is 0 Å². The minimum absolute atomic E-state index is 0.973. The van der Waals surface area contributed by atoms with Gasteiger partial charge in [-0.2, -0.15) is 0 Å². The lowest BCUT2D eigenvalue weighted by Crippen LogP contribution is -2.26. The van der Waals surface area contributed by atoms with E-state index in [0.29, 0.717) is 0 Å². The van der Waals surface area contributed by atoms with Crippen molar-refractivity contribution in [2.24, 2.45) is 5.92 Å². The first-order chi connectivity index (χ1) is 5.89. The molecular formula is C11H23N. The highest BCUT2D eigenvalue weighted by atomic mass is 14.9. The van der Waals surface area contributed by atoms with Gasteiger partial charge in [0.05, 0.1) is 0 Å². The van der Waals surface area contributed by atoms with Crippen LogP contribution in [-0.2, 0) is 0 Å². The highest BCUT2D eigenvalue weighted by Crippen LogP contribution is 2.15. The van der Waals surface area contributed by atoms with E-state index in [1.807, 2.05) is 0 Å². The molecule has 1 aliphatic carbocycles. The highest BCUT2D eigenvalue weighted by Gasteiger charge is 2.05. The molecule has 1 nitrogen and oxygen atoms in total. The number of rotatable bonds is 0. The second-order valence-electron chi connectivity index (χ2n) is 4.20. The summed E-state index contributed by atoms with van der Waals surface area (Å²) >= 11 is 0. The fraction of sp³-hybridized carbons (Fsp3) is 1.00. The van der Waals surface area contributed by atoms with E-state index < -0.39 is 0 Å². The molecule has 2 rings (SSSR count). The molecule has 12 heavy (non-hydrogen) atoms. The fourth-order valence-corrected chi connectivity index (χ4v) is 1.85. The second-order valence-corrected chi connectivity index (χ2v) is 4.20. The Morgan fingerprint density at radius 3 is 1.50 bits per heavy atom. The third-order valence-corrected chi connectivity index (χ3v) is 2.88. The van der Waals surface area contributed by atoms with Gasteiger partial charge in [0.25, 0.3) is 0 Å². The maximum atomic E-state index is 3.32. The van der Waals surface area contributed by atoms with Gasteiger partial charge in [-0.25, -0.2) is 0 Å². The lowest BCUT2D eigenvalue weighted by molar-refractivity contribution is 0.402. The predicted octanol–water partition coefficient (Wildman–Crippen LogP) is 2.96. The third kappa shape index (κ3) is 4.76. The van der Waals surface area contributed by atoms with Gasteiger partial charge in [0.1, 0.15) is 0 Å². The van der Waals surface area contributed by atoms with Crippen LogP contribution in [0.2, 0.25) is 0 Å². The summed E-state index contributed by atoms with van der Waals surface area (Å²) in [5.74, 6) is 0.973. The monoisotopic (exact) mass is 169 g/mol. The molecule has 1 heteroatoms. The summed E-state index contributed by atoms with van der Waals surface area (Å²) in [4.78, 5) is 0. The Morgan fingerprint density at radius 2 is 1.25 bits per heavy atom. The number of piperidine rings is 1. The van der Waals surface area contributed by atoms with E-state index in [2.05, 4.69) is 12.2 Å². The Morgan fingerprint density at radius 1 is 0.833 bits per heavy atom. The van der Waals surface area contributed by atoms with Crippen molar-refractivity contribution in [3.05, 3.63) is 0 Å². The van der Waals surface area contributed by atoms with E-state index >= 15 is 0 Å². The lowest BCUT2D eigenvalue weighted by atomic mass is 10.0. The van der Waals surface area contributed by atoms with E-state index in [9.17, 15) is 0 Å². The van der Waals surface area contributed by atoms with Gasteiger partial charge in [-0.05, 0) is 31.8 Å². The van der Waals surface area contributed by atoms with Gasteiger partial charge in [0.15, 0.2) is 0 Å². The Balaban J connectivity index is 0.000000127. The molecule has 2 aliphatic rings. The molecule has 1 N–H and O–H groups in total. The van der Waals surface area contributed by atoms with Crippen molar-refractivity contribution in [1.29, 1.82) is 0 Å². The number of hydrogen-bond acceptors (Lipinski definition) is 1. The molecule has 0 aromatic rings. The van der Waals surface area contributed by atoms with Crippen LogP contribution in [0, 0.1) is 5.92 Å². The van der Waals surface area contributed by atoms with E-state index in [0.717, 1.165) is 5.92 Å². The SMILES string of the molecule is C1CCCC1.CC1CCNCC1. The summed E-state index contributed by atoms with van der Waals surface area (Å²) in [6.45, 7) is 4.79. The largest absolute Gasteiger partial charge is 0.317 e. The molecule has 1 heterocycles. The van der Waals surface area contributed by atoms with Crippen molar-refractivity contribution in [3.63, 3.8) is 0 Å². The van der Waals surface area contributed by atoms with Crippen LogP contribution in [0.5, 0.6) is 0 Å². The Bertz CT molecular complexity index is 83.6. The molecule has 0 amide bonds. The van der Waals surface area contributed by atoms with Gasteiger partial charge in [-0.3, -0.25) is 0 Å². The first-order valence-electron chi connectivity index (χ1n) is 5.60. The average molecular weight is 169 g/mol. The van der Waals surface area contributed by atoms with Crippen molar-refractivity contribution >= 4 is 0 Å². The zero-order chi connectivity index (χ0) is 8.65. The molecule has 0 aromatic heterocycles. The van der Waals surface area contributed by atoms with Gasteiger partial charge in [0.2, 0.25) is 0 Å². The Kier molecular flexibility index (Phi) is 5.42. The smallest absolute Gasteiger partial charge is 0.00464 e. The molecule has 0 radical (unpaired) electrons. The lowest BCUT2D eigenvalue weighted by Gasteiger charge is -2.17. The van der Waals surface area contributed by atoms with Crippen LogP contribution in [0.25, 0.3) is 0 Å². The standard InChI is InChI=1S/C6H13N.C5H10/c1-6-2-4-7-5-3-6;1-2-4-5-3-1/h6-7H,2-5H2,1H3;1-5H2. The summed E-state index contributed by atoms with van der Waals surface area (Å²) in [7, 11) is 0. The minimum Gasteiger partial charge on any atom is -0.317 e. The molecule has 1 saturated heterocycles. The first-order valence-corrected chi connectivity index (χ1v) is 5.60. The molecule has 72 valence electrons. The summed E-state index contributed by atoms with van der Waals surface area (Å²) in [6.07, 6.45) is 10.2. The van der Waals surface area contributed by atoms with Crippen molar-refractivity contribution < 1.29 is 0 Å². The van der Waals surface area contributed by atoms with E-state index in [1.165, 1.54) is 58.0 Å². The van der Waals surface area contributed by atoms with Gasteiger partial charge in [-0.15, -0.1) is 0 Å². The quantitative estimate of drug-likeness (QED) is 0.588. The van der Waals surface area contributed by atoms with E-state index in [-0.39, 0.29) is 0 Å². The van der Waals surface area contributed by atoms with Gasteiger partial charge in [-0.1, -0.05) is 39.0 Å². The zero-order valence-corrected chi connectivity index (χ0v) is 8.44. The van der Waals surface area contributed by atoms with Crippen LogP contribution < -0.4 is 5.32 Å². The molecule has 1 aliphatic heterocycles. The molecule has 0 bridgehead atoms. The van der Waals surface area contributed by atoms with E-state index in [1.54, 1.807) is 0 Å². The van der Waals surface area contributed by atoms with Crippen LogP contribution in [0.3, 0.4) is 0 Å². The van der Waals surface area contributed by atoms with Gasteiger partial charge >= 0.3 is 0 Å². The van der Waals surface area contributed by atoms with Crippen LogP contribution in [0.4, 0.5) is 0 Å². The first kappa shape index (κ1) is 10.0. The number of nitrogens with one attached hydrogen (secondary N) is 1. The molecule has 0 atom stereocenters. The van der Waals surface area contributed by atoms with Crippen molar-refractivity contribution in [1.82, 2.24) is 5.32 Å². The molecule has 0 unspecified atom stereocenters. The van der Waals surface area contributed by atoms with Crippen molar-refractivity contribution in [2.45, 2.75) is 51.9 Å². The summed E-state index contributed by atoms with van der Waals surface area (Å²) in [5.41, 5.74) is 0. The van der Waals surface area contributed by atoms with Crippen LogP contribution in [0.15, 0.2) is 0 Å². The van der Waals surface area contributed by atoms with Gasteiger partial charge in [0, 0.05) is 0 Å². The topological polar surface area (TPSA) is 12.0 Å². The van der Waals surface area contributed by atoms with Crippen LogP contribution >= 0.6 is 0 Å². The normalized spacial score (nSPS) is 24.8. The maximum Gasteiger partial charge on any atom is -0.00464 e. The molecule has 2 fully saturated rings. The van der Waals surface area contributed by atoms with Gasteiger partial charge < -0.3 is 5.32 Å². The summed E-state index contributed by atoms with van der Waals surface area (Å²) in [5, 5.41) is 3.32. The molecular weight excluding hydrogens is 146 g/mol. The Hall–Kier alpha value is -0.0400.